The van der Waals surface area contributed by atoms with Crippen molar-refractivity contribution in [1.29, 1.82) is 0 Å². The summed E-state index contributed by atoms with van der Waals surface area (Å²) in [5, 5.41) is 3.26. The number of halogens is 1. The summed E-state index contributed by atoms with van der Waals surface area (Å²) in [6, 6.07) is 4.71. The molecule has 5 nitrogen and oxygen atoms in total. The summed E-state index contributed by atoms with van der Waals surface area (Å²) in [6.45, 7) is 2.58. The van der Waals surface area contributed by atoms with Crippen LogP contribution in [0.3, 0.4) is 0 Å². The van der Waals surface area contributed by atoms with Gasteiger partial charge < -0.3 is 10.1 Å². The van der Waals surface area contributed by atoms with E-state index in [-0.39, 0.29) is 12.5 Å². The Bertz CT molecular complexity index is 567. The van der Waals surface area contributed by atoms with E-state index in [1.807, 2.05) is 6.92 Å². The van der Waals surface area contributed by atoms with Crippen LogP contribution in [-0.2, 0) is 9.53 Å². The predicted octanol–water partition coefficient (Wildman–Crippen LogP) is 1.86. The lowest BCUT2D eigenvalue weighted by molar-refractivity contribution is -0.122. The number of ether oxygens (including phenoxy) is 1. The van der Waals surface area contributed by atoms with E-state index >= 15 is 0 Å². The van der Waals surface area contributed by atoms with E-state index in [2.05, 4.69) is 5.32 Å². The molecule has 2 fully saturated rings. The normalized spacial score (nSPS) is 26.3. The molecule has 1 aromatic carbocycles. The Labute approximate surface area is 115 Å². The zero-order valence-corrected chi connectivity index (χ0v) is 11.2. The first-order chi connectivity index (χ1) is 9.03. The van der Waals surface area contributed by atoms with Crippen molar-refractivity contribution in [2.45, 2.75) is 18.9 Å². The Morgan fingerprint density at radius 3 is 2.84 bits per heavy atom. The number of aryl methyl sites for hydroxylation is 1. The predicted molar refractivity (Wildman–Crippen MR) is 70.4 cm³/mol. The van der Waals surface area contributed by atoms with Crippen molar-refractivity contribution in [1.82, 2.24) is 5.32 Å². The standard InChI is InChI=1S/C13H13ClN2O3/c1-8-2-3-9(6-10(8)14)16-11(17)13(15-12(16)18)4-5-19-7-13/h2-3,6H,4-5,7H2,1H3,(H,15,18). The van der Waals surface area contributed by atoms with Crippen molar-refractivity contribution in [2.75, 3.05) is 18.1 Å². The lowest BCUT2D eigenvalue weighted by Crippen LogP contribution is -2.47. The molecule has 2 aliphatic heterocycles. The van der Waals surface area contributed by atoms with Gasteiger partial charge in [-0.15, -0.1) is 0 Å². The van der Waals surface area contributed by atoms with E-state index in [4.69, 9.17) is 16.3 Å². The molecule has 3 amide bonds. The molecule has 100 valence electrons. The van der Waals surface area contributed by atoms with Crippen LogP contribution < -0.4 is 10.2 Å². The molecular weight excluding hydrogens is 268 g/mol. The first-order valence-electron chi connectivity index (χ1n) is 6.04. The van der Waals surface area contributed by atoms with Crippen LogP contribution in [0.2, 0.25) is 5.02 Å². The van der Waals surface area contributed by atoms with Gasteiger partial charge in [-0.1, -0.05) is 17.7 Å². The molecule has 2 heterocycles. The number of nitrogens with one attached hydrogen (secondary N) is 1. The summed E-state index contributed by atoms with van der Waals surface area (Å²) in [4.78, 5) is 25.6. The van der Waals surface area contributed by atoms with Crippen LogP contribution in [0.1, 0.15) is 12.0 Å². The largest absolute Gasteiger partial charge is 0.378 e. The Kier molecular flexibility index (Phi) is 2.76. The first-order valence-corrected chi connectivity index (χ1v) is 6.42. The fourth-order valence-corrected chi connectivity index (χ4v) is 2.58. The smallest absolute Gasteiger partial charge is 0.329 e. The molecule has 3 rings (SSSR count). The fraction of sp³-hybridized carbons (Fsp3) is 0.385. The Morgan fingerprint density at radius 2 is 2.21 bits per heavy atom. The number of urea groups is 1. The van der Waals surface area contributed by atoms with Gasteiger partial charge in [0.2, 0.25) is 0 Å². The van der Waals surface area contributed by atoms with Gasteiger partial charge in [0, 0.05) is 18.1 Å². The minimum Gasteiger partial charge on any atom is -0.378 e. The highest BCUT2D eigenvalue weighted by molar-refractivity contribution is 6.32. The van der Waals surface area contributed by atoms with Gasteiger partial charge in [0.25, 0.3) is 5.91 Å². The molecule has 6 heteroatoms. The zero-order valence-electron chi connectivity index (χ0n) is 10.4. The quantitative estimate of drug-likeness (QED) is 0.799. The van der Waals surface area contributed by atoms with Gasteiger partial charge in [0.1, 0.15) is 5.54 Å². The van der Waals surface area contributed by atoms with Gasteiger partial charge in [0.15, 0.2) is 0 Å². The lowest BCUT2D eigenvalue weighted by atomic mass is 9.99. The molecule has 0 bridgehead atoms. The molecule has 0 aliphatic carbocycles. The Balaban J connectivity index is 1.98. The number of imide groups is 1. The van der Waals surface area contributed by atoms with E-state index in [1.54, 1.807) is 18.2 Å². The number of amides is 3. The van der Waals surface area contributed by atoms with Crippen molar-refractivity contribution in [3.8, 4) is 0 Å². The third-order valence-corrected chi connectivity index (χ3v) is 4.00. The van der Waals surface area contributed by atoms with E-state index in [0.29, 0.717) is 23.7 Å². The topological polar surface area (TPSA) is 58.6 Å². The van der Waals surface area contributed by atoms with Crippen LogP contribution in [0.4, 0.5) is 10.5 Å². The number of rotatable bonds is 1. The van der Waals surface area contributed by atoms with Crippen LogP contribution >= 0.6 is 11.6 Å². The molecule has 1 atom stereocenters. The average Bonchev–Trinajstić information content (AvgIpc) is 2.91. The van der Waals surface area contributed by atoms with Crippen molar-refractivity contribution in [3.05, 3.63) is 28.8 Å². The first kappa shape index (κ1) is 12.4. The summed E-state index contributed by atoms with van der Waals surface area (Å²) < 4.78 is 5.24. The molecule has 2 aliphatic rings. The summed E-state index contributed by atoms with van der Waals surface area (Å²) in [5.74, 6) is -0.269. The highest BCUT2D eigenvalue weighted by atomic mass is 35.5. The zero-order chi connectivity index (χ0) is 13.6. The minimum absolute atomic E-state index is 0.230. The number of nitrogens with zero attached hydrogens (tertiary/aromatic N) is 1. The number of hydrogen-bond donors (Lipinski definition) is 1. The van der Waals surface area contributed by atoms with Gasteiger partial charge in [-0.05, 0) is 24.6 Å². The van der Waals surface area contributed by atoms with Crippen molar-refractivity contribution in [2.24, 2.45) is 0 Å². The maximum Gasteiger partial charge on any atom is 0.329 e. The van der Waals surface area contributed by atoms with E-state index < -0.39 is 11.6 Å². The number of anilines is 1. The van der Waals surface area contributed by atoms with Gasteiger partial charge in [0.05, 0.1) is 12.3 Å². The molecule has 1 aromatic rings. The summed E-state index contributed by atoms with van der Waals surface area (Å²) in [5.41, 5.74) is 0.493. The third kappa shape index (κ3) is 1.81. The molecule has 19 heavy (non-hydrogen) atoms. The summed E-state index contributed by atoms with van der Waals surface area (Å²) in [6.07, 6.45) is 0.508. The summed E-state index contributed by atoms with van der Waals surface area (Å²) in [7, 11) is 0. The van der Waals surface area contributed by atoms with Crippen LogP contribution in [-0.4, -0.2) is 30.7 Å². The van der Waals surface area contributed by atoms with Gasteiger partial charge >= 0.3 is 6.03 Å². The van der Waals surface area contributed by atoms with Gasteiger partial charge in [-0.3, -0.25) is 4.79 Å². The Morgan fingerprint density at radius 1 is 1.42 bits per heavy atom. The minimum atomic E-state index is -0.894. The molecule has 0 aromatic heterocycles. The van der Waals surface area contributed by atoms with Crippen LogP contribution in [0.15, 0.2) is 18.2 Å². The molecule has 1 spiro atoms. The number of hydrogen-bond acceptors (Lipinski definition) is 3. The van der Waals surface area contributed by atoms with E-state index in [1.165, 1.54) is 0 Å². The maximum absolute atomic E-state index is 12.5. The Hall–Kier alpha value is -1.59. The molecular formula is C13H13ClN2O3. The maximum atomic E-state index is 12.5. The number of benzene rings is 1. The van der Waals surface area contributed by atoms with Gasteiger partial charge in [-0.2, -0.15) is 0 Å². The van der Waals surface area contributed by atoms with Crippen LogP contribution in [0, 0.1) is 6.92 Å². The molecule has 2 saturated heterocycles. The SMILES string of the molecule is Cc1ccc(N2C(=O)NC3(CCOC3)C2=O)cc1Cl. The van der Waals surface area contributed by atoms with Crippen molar-refractivity contribution in [3.63, 3.8) is 0 Å². The van der Waals surface area contributed by atoms with Crippen molar-refractivity contribution < 1.29 is 14.3 Å². The van der Waals surface area contributed by atoms with Gasteiger partial charge in [-0.25, -0.2) is 9.69 Å². The highest BCUT2D eigenvalue weighted by Gasteiger charge is 2.54. The monoisotopic (exact) mass is 280 g/mol. The second-order valence-electron chi connectivity index (χ2n) is 4.89. The molecule has 0 saturated carbocycles. The van der Waals surface area contributed by atoms with Crippen molar-refractivity contribution >= 4 is 29.2 Å². The second kappa shape index (κ2) is 4.21. The van der Waals surface area contributed by atoms with Crippen LogP contribution in [0.5, 0.6) is 0 Å². The summed E-state index contributed by atoms with van der Waals surface area (Å²) >= 11 is 6.04. The average molecular weight is 281 g/mol. The third-order valence-electron chi connectivity index (χ3n) is 3.60. The van der Waals surface area contributed by atoms with E-state index in [0.717, 1.165) is 10.5 Å². The molecule has 0 radical (unpaired) electrons. The molecule has 1 unspecified atom stereocenters. The molecule has 1 N–H and O–H groups in total. The fourth-order valence-electron chi connectivity index (χ4n) is 2.41. The number of carbonyl (C=O) groups excluding carboxylic acids is 2. The second-order valence-corrected chi connectivity index (χ2v) is 5.30. The lowest BCUT2D eigenvalue weighted by Gasteiger charge is -2.18. The van der Waals surface area contributed by atoms with E-state index in [9.17, 15) is 9.59 Å². The highest BCUT2D eigenvalue weighted by Crippen LogP contribution is 2.32. The van der Waals surface area contributed by atoms with Crippen LogP contribution in [0.25, 0.3) is 0 Å². The number of carbonyl (C=O) groups is 2.